The topological polar surface area (TPSA) is 27.7 Å². The van der Waals surface area contributed by atoms with Gasteiger partial charge in [-0.25, -0.2) is 0 Å². The summed E-state index contributed by atoms with van der Waals surface area (Å²) < 4.78 is 17.6. The van der Waals surface area contributed by atoms with E-state index in [-0.39, 0.29) is 12.4 Å². The van der Waals surface area contributed by atoms with Crippen molar-refractivity contribution >= 4 is 0 Å². The third kappa shape index (κ3) is 2.83. The van der Waals surface area contributed by atoms with Gasteiger partial charge in [0.05, 0.1) is 25.4 Å². The maximum atomic E-state index is 5.95. The standard InChI is InChI=1S/C16H22O3/c1-11-8-15-18-14(12(2)16(11)19-15)10-17-9-13-6-4-3-5-7-13/h3-7,11-12,14-16H,8-10H2,1-2H3/t11-,12+,14-,15-,16+/m1/s1. The Hall–Kier alpha value is -0.900. The maximum absolute atomic E-state index is 5.95. The molecule has 0 amide bonds. The van der Waals surface area contributed by atoms with Crippen molar-refractivity contribution in [2.45, 2.75) is 45.4 Å². The van der Waals surface area contributed by atoms with Crippen LogP contribution in [0.3, 0.4) is 0 Å². The molecule has 0 N–H and O–H groups in total. The zero-order valence-electron chi connectivity index (χ0n) is 11.6. The van der Waals surface area contributed by atoms with Gasteiger partial charge in [0.1, 0.15) is 0 Å². The van der Waals surface area contributed by atoms with Crippen molar-refractivity contribution in [1.29, 1.82) is 0 Å². The lowest BCUT2D eigenvalue weighted by Crippen LogP contribution is -2.43. The molecule has 2 saturated heterocycles. The number of benzene rings is 1. The quantitative estimate of drug-likeness (QED) is 0.835. The molecule has 0 aromatic heterocycles. The molecular weight excluding hydrogens is 240 g/mol. The van der Waals surface area contributed by atoms with E-state index in [0.29, 0.717) is 31.2 Å². The van der Waals surface area contributed by atoms with Crippen LogP contribution in [-0.4, -0.2) is 25.1 Å². The predicted molar refractivity (Wildman–Crippen MR) is 72.6 cm³/mol. The lowest BCUT2D eigenvalue weighted by molar-refractivity contribution is -0.244. The van der Waals surface area contributed by atoms with E-state index in [2.05, 4.69) is 26.0 Å². The van der Waals surface area contributed by atoms with Crippen LogP contribution in [0.4, 0.5) is 0 Å². The average molecular weight is 262 g/mol. The minimum absolute atomic E-state index is 0.0125. The third-order valence-electron chi connectivity index (χ3n) is 4.26. The van der Waals surface area contributed by atoms with Crippen LogP contribution in [0.1, 0.15) is 25.8 Å². The summed E-state index contributed by atoms with van der Waals surface area (Å²) >= 11 is 0. The SMILES string of the molecule is C[C@@H]1[C@H]2O[C@H](C[C@H]2C)O[C@@H]1COCc1ccccc1. The molecule has 0 radical (unpaired) electrons. The summed E-state index contributed by atoms with van der Waals surface area (Å²) in [5, 5.41) is 0. The Balaban J connectivity index is 1.51. The van der Waals surface area contributed by atoms with Gasteiger partial charge < -0.3 is 14.2 Å². The zero-order chi connectivity index (χ0) is 13.2. The minimum atomic E-state index is -0.0125. The van der Waals surface area contributed by atoms with E-state index in [9.17, 15) is 0 Å². The number of ether oxygens (including phenoxy) is 3. The van der Waals surface area contributed by atoms with E-state index in [1.807, 2.05) is 18.2 Å². The van der Waals surface area contributed by atoms with Gasteiger partial charge >= 0.3 is 0 Å². The fourth-order valence-corrected chi connectivity index (χ4v) is 3.12. The van der Waals surface area contributed by atoms with Crippen molar-refractivity contribution < 1.29 is 14.2 Å². The van der Waals surface area contributed by atoms with Crippen molar-refractivity contribution in [2.75, 3.05) is 6.61 Å². The zero-order valence-corrected chi connectivity index (χ0v) is 11.6. The Morgan fingerprint density at radius 1 is 1.16 bits per heavy atom. The lowest BCUT2D eigenvalue weighted by atomic mass is 9.90. The van der Waals surface area contributed by atoms with E-state index in [1.165, 1.54) is 5.56 Å². The summed E-state index contributed by atoms with van der Waals surface area (Å²) in [5.74, 6) is 1.00. The maximum Gasteiger partial charge on any atom is 0.158 e. The summed E-state index contributed by atoms with van der Waals surface area (Å²) in [4.78, 5) is 0. The lowest BCUT2D eigenvalue weighted by Gasteiger charge is -2.35. The van der Waals surface area contributed by atoms with Crippen molar-refractivity contribution in [1.82, 2.24) is 0 Å². The van der Waals surface area contributed by atoms with Gasteiger partial charge in [0.25, 0.3) is 0 Å². The van der Waals surface area contributed by atoms with E-state index in [1.54, 1.807) is 0 Å². The second kappa shape index (κ2) is 5.61. The van der Waals surface area contributed by atoms with Crippen molar-refractivity contribution in [3.63, 3.8) is 0 Å². The number of hydrogen-bond acceptors (Lipinski definition) is 3. The molecule has 0 unspecified atom stereocenters. The van der Waals surface area contributed by atoms with Crippen LogP contribution >= 0.6 is 0 Å². The summed E-state index contributed by atoms with van der Waals surface area (Å²) in [5.41, 5.74) is 1.21. The summed E-state index contributed by atoms with van der Waals surface area (Å²) in [7, 11) is 0. The van der Waals surface area contributed by atoms with Crippen LogP contribution < -0.4 is 0 Å². The third-order valence-corrected chi connectivity index (χ3v) is 4.26. The highest BCUT2D eigenvalue weighted by molar-refractivity contribution is 5.13. The van der Waals surface area contributed by atoms with Gasteiger partial charge in [-0.15, -0.1) is 0 Å². The number of hydrogen-bond donors (Lipinski definition) is 0. The Morgan fingerprint density at radius 3 is 2.74 bits per heavy atom. The molecule has 3 heteroatoms. The predicted octanol–water partition coefficient (Wildman–Crippen LogP) is 2.99. The highest BCUT2D eigenvalue weighted by Crippen LogP contribution is 2.39. The average Bonchev–Trinajstić information content (AvgIpc) is 2.74. The van der Waals surface area contributed by atoms with Gasteiger partial charge in [-0.1, -0.05) is 44.2 Å². The number of fused-ring (bicyclic) bond motifs is 2. The molecule has 0 aliphatic carbocycles. The number of rotatable bonds is 4. The first kappa shape index (κ1) is 13.1. The van der Waals surface area contributed by atoms with Crippen molar-refractivity contribution in [2.24, 2.45) is 11.8 Å². The van der Waals surface area contributed by atoms with Crippen LogP contribution in [0.15, 0.2) is 30.3 Å². The Bertz CT molecular complexity index is 406. The van der Waals surface area contributed by atoms with Crippen LogP contribution in [0, 0.1) is 11.8 Å². The fraction of sp³-hybridized carbons (Fsp3) is 0.625. The molecule has 3 rings (SSSR count). The molecule has 2 aliphatic heterocycles. The molecule has 19 heavy (non-hydrogen) atoms. The molecule has 1 aromatic carbocycles. The monoisotopic (exact) mass is 262 g/mol. The minimum Gasteiger partial charge on any atom is -0.374 e. The molecule has 0 spiro atoms. The Labute approximate surface area is 114 Å². The van der Waals surface area contributed by atoms with Gasteiger partial charge in [-0.05, 0) is 11.5 Å². The van der Waals surface area contributed by atoms with Gasteiger partial charge in [-0.2, -0.15) is 0 Å². The first-order valence-corrected chi connectivity index (χ1v) is 7.16. The molecule has 104 valence electrons. The highest BCUT2D eigenvalue weighted by atomic mass is 16.7. The molecule has 2 bridgehead atoms. The molecule has 1 aromatic rings. The Kier molecular flexibility index (Phi) is 3.87. The normalized spacial score (nSPS) is 37.5. The van der Waals surface area contributed by atoms with Crippen LogP contribution in [0.2, 0.25) is 0 Å². The van der Waals surface area contributed by atoms with Gasteiger partial charge in [-0.3, -0.25) is 0 Å². The highest BCUT2D eigenvalue weighted by Gasteiger charge is 2.45. The first-order chi connectivity index (χ1) is 9.24. The summed E-state index contributed by atoms with van der Waals surface area (Å²) in [6.45, 7) is 5.76. The van der Waals surface area contributed by atoms with Crippen molar-refractivity contribution in [3.05, 3.63) is 35.9 Å². The van der Waals surface area contributed by atoms with E-state index in [0.717, 1.165) is 6.42 Å². The van der Waals surface area contributed by atoms with Crippen molar-refractivity contribution in [3.8, 4) is 0 Å². The molecular formula is C16H22O3. The largest absolute Gasteiger partial charge is 0.374 e. The molecule has 0 saturated carbocycles. The summed E-state index contributed by atoms with van der Waals surface area (Å²) in [6, 6.07) is 10.3. The molecule has 2 heterocycles. The first-order valence-electron chi connectivity index (χ1n) is 7.16. The molecule has 2 fully saturated rings. The van der Waals surface area contributed by atoms with E-state index >= 15 is 0 Å². The van der Waals surface area contributed by atoms with Crippen LogP contribution in [0.5, 0.6) is 0 Å². The molecule has 5 atom stereocenters. The molecule has 3 nitrogen and oxygen atoms in total. The smallest absolute Gasteiger partial charge is 0.158 e. The Morgan fingerprint density at radius 2 is 1.95 bits per heavy atom. The van der Waals surface area contributed by atoms with E-state index in [4.69, 9.17) is 14.2 Å². The second-order valence-corrected chi connectivity index (χ2v) is 5.78. The van der Waals surface area contributed by atoms with Gasteiger partial charge in [0, 0.05) is 12.3 Å². The summed E-state index contributed by atoms with van der Waals surface area (Å²) in [6.07, 6.45) is 1.51. The van der Waals surface area contributed by atoms with Gasteiger partial charge in [0.15, 0.2) is 6.29 Å². The van der Waals surface area contributed by atoms with Gasteiger partial charge in [0.2, 0.25) is 0 Å². The molecule has 2 aliphatic rings. The second-order valence-electron chi connectivity index (χ2n) is 5.78. The van der Waals surface area contributed by atoms with E-state index < -0.39 is 0 Å². The fourth-order valence-electron chi connectivity index (χ4n) is 3.12. The van der Waals surface area contributed by atoms with Crippen LogP contribution in [0.25, 0.3) is 0 Å². The van der Waals surface area contributed by atoms with Crippen LogP contribution in [-0.2, 0) is 20.8 Å².